The summed E-state index contributed by atoms with van der Waals surface area (Å²) >= 11 is 0. The number of phosphoric acid groups is 2. The second-order valence-electron chi connectivity index (χ2n) is 30.7. The van der Waals surface area contributed by atoms with Crippen LogP contribution < -0.4 is 0 Å². The zero-order valence-electron chi connectivity index (χ0n) is 68.4. The van der Waals surface area contributed by atoms with Gasteiger partial charge in [-0.2, -0.15) is 0 Å². The summed E-state index contributed by atoms with van der Waals surface area (Å²) in [5.41, 5.74) is 0. The molecule has 0 amide bonds. The number of ether oxygens (including phenoxy) is 4. The Bertz CT molecular complexity index is 2090. The predicted molar refractivity (Wildman–Crippen MR) is 432 cm³/mol. The van der Waals surface area contributed by atoms with Gasteiger partial charge in [0, 0.05) is 25.7 Å². The molecule has 3 N–H and O–H groups in total. The molecule has 105 heavy (non-hydrogen) atoms. The van der Waals surface area contributed by atoms with Gasteiger partial charge in [0.05, 0.1) is 26.4 Å². The van der Waals surface area contributed by atoms with Gasteiger partial charge in [-0.05, 0) is 57.3 Å². The van der Waals surface area contributed by atoms with E-state index in [-0.39, 0.29) is 25.7 Å². The van der Waals surface area contributed by atoms with E-state index in [1.54, 1.807) is 0 Å². The Morgan fingerprint density at radius 2 is 0.514 bits per heavy atom. The van der Waals surface area contributed by atoms with Gasteiger partial charge >= 0.3 is 39.5 Å². The lowest BCUT2D eigenvalue weighted by molar-refractivity contribution is -0.161. The summed E-state index contributed by atoms with van der Waals surface area (Å²) in [5.74, 6) is -1.41. The molecule has 620 valence electrons. The monoisotopic (exact) mass is 1530 g/mol. The SMILES string of the molecule is CCCCCC/C=C\C=C/CCCCCCCC(=O)O[C@H](COC(=O)CCCCCCCCCCC(C)C)COP(=O)(O)OC[C@H](O)COP(=O)(O)OC[C@@H](COC(=O)CCCCCCCCCCCCCCCCCCCCC)OC(=O)CCCCCCCCCCCCCCCCCCCCCC. The number of rotatable bonds is 84. The van der Waals surface area contributed by atoms with Gasteiger partial charge in [-0.1, -0.05) is 386 Å². The number of unbranched alkanes of at least 4 members (excludes halogenated alkanes) is 53. The van der Waals surface area contributed by atoms with Crippen molar-refractivity contribution in [2.75, 3.05) is 39.6 Å². The Kier molecular flexibility index (Phi) is 76.4. The van der Waals surface area contributed by atoms with E-state index < -0.39 is 97.5 Å². The van der Waals surface area contributed by atoms with E-state index in [1.807, 2.05) is 0 Å². The minimum Gasteiger partial charge on any atom is -0.462 e. The summed E-state index contributed by atoms with van der Waals surface area (Å²) in [6, 6.07) is 0. The van der Waals surface area contributed by atoms with Crippen molar-refractivity contribution >= 4 is 39.5 Å². The maximum atomic E-state index is 13.1. The lowest BCUT2D eigenvalue weighted by atomic mass is 10.0. The number of allylic oxidation sites excluding steroid dienone is 4. The predicted octanol–water partition coefficient (Wildman–Crippen LogP) is 25.9. The zero-order chi connectivity index (χ0) is 76.9. The van der Waals surface area contributed by atoms with Gasteiger partial charge in [0.2, 0.25) is 0 Å². The summed E-state index contributed by atoms with van der Waals surface area (Å²) in [5, 5.41) is 10.7. The first-order valence-corrected chi connectivity index (χ1v) is 46.9. The van der Waals surface area contributed by atoms with Crippen molar-refractivity contribution in [3.8, 4) is 0 Å². The highest BCUT2D eigenvalue weighted by atomic mass is 31.2. The van der Waals surface area contributed by atoms with Gasteiger partial charge in [-0.25, -0.2) is 9.13 Å². The summed E-state index contributed by atoms with van der Waals surface area (Å²) in [6.07, 6.45) is 74.5. The van der Waals surface area contributed by atoms with E-state index in [4.69, 9.17) is 37.0 Å². The van der Waals surface area contributed by atoms with Gasteiger partial charge in [-0.3, -0.25) is 37.3 Å². The van der Waals surface area contributed by atoms with Crippen LogP contribution in [0.4, 0.5) is 0 Å². The van der Waals surface area contributed by atoms with Gasteiger partial charge < -0.3 is 33.8 Å². The lowest BCUT2D eigenvalue weighted by Crippen LogP contribution is -2.30. The Hall–Kier alpha value is -2.46. The molecule has 0 fully saturated rings. The molecule has 0 aromatic heterocycles. The minimum atomic E-state index is -4.97. The van der Waals surface area contributed by atoms with Crippen LogP contribution >= 0.6 is 15.6 Å². The van der Waals surface area contributed by atoms with Crippen molar-refractivity contribution in [1.29, 1.82) is 0 Å². The van der Waals surface area contributed by atoms with Crippen molar-refractivity contribution in [1.82, 2.24) is 0 Å². The number of aliphatic hydroxyl groups is 1. The number of esters is 4. The third-order valence-corrected chi connectivity index (χ3v) is 21.6. The Balaban J connectivity index is 5.27. The summed E-state index contributed by atoms with van der Waals surface area (Å²) < 4.78 is 68.8. The number of carbonyl (C=O) groups is 4. The number of hydrogen-bond donors (Lipinski definition) is 3. The van der Waals surface area contributed by atoms with Crippen LogP contribution in [-0.2, 0) is 65.4 Å². The van der Waals surface area contributed by atoms with E-state index >= 15 is 0 Å². The fraction of sp³-hybridized carbons (Fsp3) is 0.907. The first-order valence-electron chi connectivity index (χ1n) is 44.0. The fourth-order valence-electron chi connectivity index (χ4n) is 12.9. The molecule has 0 aliphatic heterocycles. The molecule has 0 aliphatic carbocycles. The third-order valence-electron chi connectivity index (χ3n) is 19.7. The summed E-state index contributed by atoms with van der Waals surface area (Å²) in [4.78, 5) is 73.2. The molecule has 0 aliphatic rings. The molecule has 0 radical (unpaired) electrons. The average Bonchev–Trinajstić information content (AvgIpc) is 0.917. The number of aliphatic hydroxyl groups excluding tert-OH is 1. The second kappa shape index (κ2) is 78.2. The first-order chi connectivity index (χ1) is 51.0. The van der Waals surface area contributed by atoms with Crippen molar-refractivity contribution in [2.45, 2.75) is 457 Å². The maximum absolute atomic E-state index is 13.1. The maximum Gasteiger partial charge on any atom is 0.472 e. The molecule has 17 nitrogen and oxygen atoms in total. The van der Waals surface area contributed by atoms with E-state index in [1.165, 1.54) is 250 Å². The first kappa shape index (κ1) is 103. The van der Waals surface area contributed by atoms with Crippen LogP contribution in [0.3, 0.4) is 0 Å². The van der Waals surface area contributed by atoms with Crippen molar-refractivity contribution < 1.29 is 80.2 Å². The van der Waals surface area contributed by atoms with E-state index in [0.29, 0.717) is 25.7 Å². The van der Waals surface area contributed by atoms with Gasteiger partial charge in [0.1, 0.15) is 19.3 Å². The smallest absolute Gasteiger partial charge is 0.462 e. The lowest BCUT2D eigenvalue weighted by Gasteiger charge is -2.21. The van der Waals surface area contributed by atoms with Crippen LogP contribution in [0.2, 0.25) is 0 Å². The van der Waals surface area contributed by atoms with Crippen LogP contribution in [0.1, 0.15) is 439 Å². The highest BCUT2D eigenvalue weighted by Crippen LogP contribution is 2.45. The summed E-state index contributed by atoms with van der Waals surface area (Å²) in [7, 11) is -9.94. The number of carbonyl (C=O) groups excluding carboxylic acids is 4. The molecule has 2 unspecified atom stereocenters. The highest BCUT2D eigenvalue weighted by molar-refractivity contribution is 7.47. The zero-order valence-corrected chi connectivity index (χ0v) is 70.1. The molecule has 0 aromatic rings. The molecule has 0 aromatic carbocycles. The Labute approximate surface area is 643 Å². The molecule has 0 heterocycles. The van der Waals surface area contributed by atoms with Gasteiger partial charge in [-0.15, -0.1) is 0 Å². The number of hydrogen-bond acceptors (Lipinski definition) is 15. The van der Waals surface area contributed by atoms with Crippen LogP contribution in [-0.4, -0.2) is 96.7 Å². The largest absolute Gasteiger partial charge is 0.472 e. The Morgan fingerprint density at radius 1 is 0.295 bits per heavy atom. The topological polar surface area (TPSA) is 237 Å². The standard InChI is InChI=1S/C86H164O17P2/c1-6-9-12-15-18-21-24-27-30-32-34-36-38-41-44-47-50-57-62-67-72-85(90)102-81(75-96-83(88)69-64-59-54-48-45-42-40-37-35-33-31-28-25-22-19-16-13-10-7-2)77-100-104(92,93)98-73-80(87)74-99-105(94,95)101-78-82(76-97-84(89)70-65-60-55-52-51-53-58-63-68-79(4)5)103-86(91)71-66-61-56-49-46-43-39-29-26-23-20-17-14-11-8-3/h23,26,29,39,79-82,87H,6-22,24-25,27-28,30-38,40-78H2,1-5H3,(H,92,93)(H,94,95)/b26-23-,39-29-/t80-,81-,82-/m1/s1. The molecule has 0 bridgehead atoms. The van der Waals surface area contributed by atoms with Crippen LogP contribution in [0, 0.1) is 5.92 Å². The van der Waals surface area contributed by atoms with Gasteiger partial charge in [0.25, 0.3) is 0 Å². The molecule has 0 saturated heterocycles. The normalized spacial score (nSPS) is 13.9. The minimum absolute atomic E-state index is 0.0850. The van der Waals surface area contributed by atoms with Crippen molar-refractivity contribution in [2.24, 2.45) is 5.92 Å². The number of phosphoric ester groups is 2. The van der Waals surface area contributed by atoms with Crippen molar-refractivity contribution in [3.05, 3.63) is 24.3 Å². The van der Waals surface area contributed by atoms with E-state index in [0.717, 1.165) is 109 Å². The highest BCUT2D eigenvalue weighted by Gasteiger charge is 2.30. The van der Waals surface area contributed by atoms with E-state index in [9.17, 15) is 43.2 Å². The molecule has 19 heteroatoms. The van der Waals surface area contributed by atoms with Gasteiger partial charge in [0.15, 0.2) is 12.2 Å². The molecular formula is C86H164O17P2. The molecule has 0 saturated carbocycles. The second-order valence-corrected chi connectivity index (χ2v) is 33.6. The van der Waals surface area contributed by atoms with Crippen LogP contribution in [0.15, 0.2) is 24.3 Å². The molecule has 0 rings (SSSR count). The molecular weight excluding hydrogens is 1370 g/mol. The average molecular weight is 1530 g/mol. The van der Waals surface area contributed by atoms with E-state index in [2.05, 4.69) is 58.9 Å². The molecule has 0 spiro atoms. The summed E-state index contributed by atoms with van der Waals surface area (Å²) in [6.45, 7) is 7.25. The molecule has 5 atom stereocenters. The third kappa shape index (κ3) is 79.4. The Morgan fingerprint density at radius 3 is 0.781 bits per heavy atom. The van der Waals surface area contributed by atoms with Crippen LogP contribution in [0.25, 0.3) is 0 Å². The van der Waals surface area contributed by atoms with Crippen LogP contribution in [0.5, 0.6) is 0 Å². The fourth-order valence-corrected chi connectivity index (χ4v) is 14.5. The van der Waals surface area contributed by atoms with Crippen molar-refractivity contribution in [3.63, 3.8) is 0 Å². The quantitative estimate of drug-likeness (QED) is 0.0169.